The van der Waals surface area contributed by atoms with Gasteiger partial charge in [0.15, 0.2) is 0 Å². The van der Waals surface area contributed by atoms with Crippen molar-refractivity contribution in [3.05, 3.63) is 70.6 Å². The first-order valence-electron chi connectivity index (χ1n) is 5.84. The molecule has 0 N–H and O–H groups in total. The zero-order valence-electron chi connectivity index (χ0n) is 10.0. The van der Waals surface area contributed by atoms with Crippen LogP contribution in [-0.2, 0) is 0 Å². The third-order valence-corrected chi connectivity index (χ3v) is 3.08. The van der Waals surface area contributed by atoms with E-state index >= 15 is 0 Å². The number of hydrogen-bond donors (Lipinski definition) is 0. The Hall–Kier alpha value is -2.35. The summed E-state index contributed by atoms with van der Waals surface area (Å²) in [5, 5.41) is 0.940. The number of para-hydroxylation sites is 1. The summed E-state index contributed by atoms with van der Waals surface area (Å²) in [4.78, 5) is 11.4. The molecule has 0 saturated carbocycles. The van der Waals surface area contributed by atoms with E-state index in [1.54, 1.807) is 6.07 Å². The van der Waals surface area contributed by atoms with Crippen molar-refractivity contribution in [3.63, 3.8) is 0 Å². The predicted octanol–water partition coefficient (Wildman–Crippen LogP) is 3.77. The van der Waals surface area contributed by atoms with E-state index in [1.807, 2.05) is 36.4 Å². The topological polar surface area (TPSA) is 30.2 Å². The van der Waals surface area contributed by atoms with E-state index in [9.17, 15) is 4.79 Å². The van der Waals surface area contributed by atoms with Gasteiger partial charge < -0.3 is 4.42 Å². The lowest BCUT2D eigenvalue weighted by Gasteiger charge is -2.07. The molecule has 0 atom stereocenters. The Morgan fingerprint density at radius 2 is 1.61 bits per heavy atom. The Balaban J connectivity index is 2.39. The van der Waals surface area contributed by atoms with E-state index < -0.39 is 0 Å². The third-order valence-electron chi connectivity index (χ3n) is 3.08. The van der Waals surface area contributed by atoms with Gasteiger partial charge in [0.05, 0.1) is 0 Å². The summed E-state index contributed by atoms with van der Waals surface area (Å²) in [6, 6.07) is 17.2. The normalized spacial score (nSPS) is 10.7. The fraction of sp³-hybridized carbons (Fsp3) is 0.0625. The van der Waals surface area contributed by atoms with E-state index in [0.717, 1.165) is 22.1 Å². The Morgan fingerprint density at radius 3 is 2.44 bits per heavy atom. The molecule has 2 nitrogen and oxygen atoms in total. The van der Waals surface area contributed by atoms with Crippen LogP contribution in [0.15, 0.2) is 63.8 Å². The van der Waals surface area contributed by atoms with Crippen LogP contribution in [0.4, 0.5) is 0 Å². The van der Waals surface area contributed by atoms with Gasteiger partial charge in [-0.3, -0.25) is 0 Å². The molecule has 3 aromatic rings. The van der Waals surface area contributed by atoms with Crippen molar-refractivity contribution in [3.8, 4) is 11.1 Å². The molecule has 0 radical (unpaired) electrons. The van der Waals surface area contributed by atoms with Gasteiger partial charge in [-0.2, -0.15) is 0 Å². The average Bonchev–Trinajstić information content (AvgIpc) is 2.39. The maximum Gasteiger partial charge on any atom is 0.336 e. The number of rotatable bonds is 1. The number of hydrogen-bond acceptors (Lipinski definition) is 2. The van der Waals surface area contributed by atoms with Gasteiger partial charge in [-0.1, -0.05) is 42.5 Å². The van der Waals surface area contributed by atoms with Gasteiger partial charge in [0.2, 0.25) is 0 Å². The molecule has 0 spiro atoms. The molecule has 1 aromatic heterocycles. The first-order chi connectivity index (χ1) is 8.75. The highest BCUT2D eigenvalue weighted by molar-refractivity contribution is 5.92. The SMILES string of the molecule is Cc1ccccc1-c1cccc2ccc(=O)oc12. The molecule has 0 fully saturated rings. The van der Waals surface area contributed by atoms with Gasteiger partial charge in [-0.15, -0.1) is 0 Å². The van der Waals surface area contributed by atoms with Gasteiger partial charge in [0.25, 0.3) is 0 Å². The van der Waals surface area contributed by atoms with Crippen molar-refractivity contribution in [2.24, 2.45) is 0 Å². The molecule has 1 heterocycles. The fourth-order valence-electron chi connectivity index (χ4n) is 2.18. The molecule has 2 aromatic carbocycles. The van der Waals surface area contributed by atoms with Gasteiger partial charge in [-0.25, -0.2) is 4.79 Å². The van der Waals surface area contributed by atoms with Crippen molar-refractivity contribution in [1.29, 1.82) is 0 Å². The molecular formula is C16H12O2. The molecule has 0 aliphatic carbocycles. The third kappa shape index (κ3) is 1.72. The quantitative estimate of drug-likeness (QED) is 0.602. The Bertz CT molecular complexity index is 769. The second-order valence-corrected chi connectivity index (χ2v) is 4.29. The molecule has 0 bridgehead atoms. The molecule has 0 amide bonds. The van der Waals surface area contributed by atoms with E-state index in [2.05, 4.69) is 13.0 Å². The molecule has 2 heteroatoms. The fourth-order valence-corrected chi connectivity index (χ4v) is 2.18. The van der Waals surface area contributed by atoms with Crippen LogP contribution in [0, 0.1) is 6.92 Å². The van der Waals surface area contributed by atoms with Crippen molar-refractivity contribution in [2.75, 3.05) is 0 Å². The number of aryl methyl sites for hydroxylation is 1. The maximum absolute atomic E-state index is 11.4. The van der Waals surface area contributed by atoms with Crippen LogP contribution in [0.25, 0.3) is 22.1 Å². The Morgan fingerprint density at radius 1 is 0.833 bits per heavy atom. The summed E-state index contributed by atoms with van der Waals surface area (Å²) in [5.74, 6) is 0. The van der Waals surface area contributed by atoms with Crippen LogP contribution < -0.4 is 5.63 Å². The zero-order chi connectivity index (χ0) is 12.5. The lowest BCUT2D eigenvalue weighted by molar-refractivity contribution is 0.562. The Labute approximate surface area is 105 Å². The highest BCUT2D eigenvalue weighted by Crippen LogP contribution is 2.29. The van der Waals surface area contributed by atoms with Gasteiger partial charge in [0.1, 0.15) is 5.58 Å². The van der Waals surface area contributed by atoms with Crippen LogP contribution in [0.2, 0.25) is 0 Å². The van der Waals surface area contributed by atoms with Crippen molar-refractivity contribution in [1.82, 2.24) is 0 Å². The number of fused-ring (bicyclic) bond motifs is 1. The molecule has 3 rings (SSSR count). The monoisotopic (exact) mass is 236 g/mol. The summed E-state index contributed by atoms with van der Waals surface area (Å²) < 4.78 is 5.35. The van der Waals surface area contributed by atoms with E-state index in [-0.39, 0.29) is 5.63 Å². The highest BCUT2D eigenvalue weighted by Gasteiger charge is 2.08. The van der Waals surface area contributed by atoms with Crippen molar-refractivity contribution >= 4 is 11.0 Å². The lowest BCUT2D eigenvalue weighted by Crippen LogP contribution is -1.95. The standard InChI is InChI=1S/C16H12O2/c1-11-5-2-3-7-13(11)14-8-4-6-12-9-10-15(17)18-16(12)14/h2-10H,1H3. The van der Waals surface area contributed by atoms with E-state index in [4.69, 9.17) is 4.42 Å². The summed E-state index contributed by atoms with van der Waals surface area (Å²) in [6.07, 6.45) is 0. The smallest absolute Gasteiger partial charge is 0.336 e. The first kappa shape index (κ1) is 10.8. The predicted molar refractivity (Wildman–Crippen MR) is 72.7 cm³/mol. The lowest BCUT2D eigenvalue weighted by atomic mass is 9.99. The van der Waals surface area contributed by atoms with E-state index in [0.29, 0.717) is 5.58 Å². The van der Waals surface area contributed by atoms with Gasteiger partial charge in [-0.05, 0) is 24.1 Å². The number of benzene rings is 2. The average molecular weight is 236 g/mol. The largest absolute Gasteiger partial charge is 0.422 e. The molecule has 0 aliphatic heterocycles. The van der Waals surface area contributed by atoms with Crippen LogP contribution in [0.1, 0.15) is 5.56 Å². The summed E-state index contributed by atoms with van der Waals surface area (Å²) >= 11 is 0. The summed E-state index contributed by atoms with van der Waals surface area (Å²) in [6.45, 7) is 2.05. The van der Waals surface area contributed by atoms with Crippen LogP contribution in [0.5, 0.6) is 0 Å². The van der Waals surface area contributed by atoms with Crippen LogP contribution in [-0.4, -0.2) is 0 Å². The van der Waals surface area contributed by atoms with Gasteiger partial charge >= 0.3 is 5.63 Å². The van der Waals surface area contributed by atoms with Crippen molar-refractivity contribution in [2.45, 2.75) is 6.92 Å². The molecule has 0 saturated heterocycles. The van der Waals surface area contributed by atoms with E-state index in [1.165, 1.54) is 6.07 Å². The molecule has 0 aliphatic rings. The minimum atomic E-state index is -0.316. The maximum atomic E-state index is 11.4. The first-order valence-corrected chi connectivity index (χ1v) is 5.84. The van der Waals surface area contributed by atoms with Crippen molar-refractivity contribution < 1.29 is 4.42 Å². The molecule has 0 unspecified atom stereocenters. The summed E-state index contributed by atoms with van der Waals surface area (Å²) in [5.41, 5.74) is 3.56. The summed E-state index contributed by atoms with van der Waals surface area (Å²) in [7, 11) is 0. The second kappa shape index (κ2) is 4.15. The Kier molecular flexibility index (Phi) is 2.49. The van der Waals surface area contributed by atoms with Gasteiger partial charge in [0, 0.05) is 17.0 Å². The minimum Gasteiger partial charge on any atom is -0.422 e. The highest BCUT2D eigenvalue weighted by atomic mass is 16.4. The minimum absolute atomic E-state index is 0.316. The molecule has 88 valence electrons. The second-order valence-electron chi connectivity index (χ2n) is 4.29. The molecule has 18 heavy (non-hydrogen) atoms. The van der Waals surface area contributed by atoms with Crippen LogP contribution >= 0.6 is 0 Å². The molecular weight excluding hydrogens is 224 g/mol. The van der Waals surface area contributed by atoms with Crippen LogP contribution in [0.3, 0.4) is 0 Å². The zero-order valence-corrected chi connectivity index (χ0v) is 10.0.